The van der Waals surface area contributed by atoms with E-state index < -0.39 is 36.2 Å². The number of carboxylic acid groups (broad SMARTS) is 1. The second-order valence-corrected chi connectivity index (χ2v) is 6.02. The molecule has 0 aliphatic rings. The lowest BCUT2D eigenvalue weighted by Crippen LogP contribution is -2.49. The number of nitrogens with one attached hydrogen (secondary N) is 2. The zero-order valence-electron chi connectivity index (χ0n) is 15.9. The molecule has 25 heavy (non-hydrogen) atoms. The fourth-order valence-electron chi connectivity index (χ4n) is 1.53. The van der Waals surface area contributed by atoms with Crippen LogP contribution >= 0.6 is 0 Å². The van der Waals surface area contributed by atoms with Gasteiger partial charge in [0.1, 0.15) is 18.2 Å². The lowest BCUT2D eigenvalue weighted by molar-refractivity contribution is -0.138. The zero-order valence-corrected chi connectivity index (χ0v) is 15.9. The lowest BCUT2D eigenvalue weighted by atomic mass is 10.1. The SMILES string of the molecule is CC(C)(C)OC(=O)N[C@@H](CCCN)C(=O)NCC(=O)O.CCOCC. The van der Waals surface area contributed by atoms with Crippen LogP contribution in [0.1, 0.15) is 47.5 Å². The van der Waals surface area contributed by atoms with Gasteiger partial charge in [-0.25, -0.2) is 4.79 Å². The summed E-state index contributed by atoms with van der Waals surface area (Å²) in [5.41, 5.74) is 4.68. The van der Waals surface area contributed by atoms with E-state index in [4.69, 9.17) is 20.3 Å². The quantitative estimate of drug-likeness (QED) is 0.476. The van der Waals surface area contributed by atoms with Gasteiger partial charge in [-0.15, -0.1) is 0 Å². The summed E-state index contributed by atoms with van der Waals surface area (Å²) in [7, 11) is 0. The first kappa shape index (κ1) is 25.4. The number of hydrogen-bond donors (Lipinski definition) is 4. The summed E-state index contributed by atoms with van der Waals surface area (Å²) in [6, 6.07) is -0.868. The van der Waals surface area contributed by atoms with Crippen LogP contribution in [0.15, 0.2) is 0 Å². The fourth-order valence-corrected chi connectivity index (χ4v) is 1.53. The number of carboxylic acids is 1. The molecule has 0 aliphatic carbocycles. The summed E-state index contributed by atoms with van der Waals surface area (Å²) < 4.78 is 9.88. The second kappa shape index (κ2) is 14.5. The Hall–Kier alpha value is -1.87. The zero-order chi connectivity index (χ0) is 19.9. The van der Waals surface area contributed by atoms with Crippen LogP contribution in [0.4, 0.5) is 4.79 Å². The van der Waals surface area contributed by atoms with Crippen LogP contribution in [0.2, 0.25) is 0 Å². The van der Waals surface area contributed by atoms with Crippen molar-refractivity contribution in [3.8, 4) is 0 Å². The third-order valence-electron chi connectivity index (χ3n) is 2.53. The first-order valence-electron chi connectivity index (χ1n) is 8.34. The molecule has 0 radical (unpaired) electrons. The van der Waals surface area contributed by atoms with Gasteiger partial charge in [-0.2, -0.15) is 0 Å². The molecule has 0 fully saturated rings. The molecule has 0 aromatic carbocycles. The Morgan fingerprint density at radius 3 is 2.08 bits per heavy atom. The highest BCUT2D eigenvalue weighted by Gasteiger charge is 2.24. The van der Waals surface area contributed by atoms with Crippen molar-refractivity contribution in [3.63, 3.8) is 0 Å². The summed E-state index contributed by atoms with van der Waals surface area (Å²) in [4.78, 5) is 33.8. The molecule has 0 saturated heterocycles. The third kappa shape index (κ3) is 18.3. The normalized spacial score (nSPS) is 11.6. The molecule has 0 rings (SSSR count). The molecule has 0 aromatic heterocycles. The van der Waals surface area contributed by atoms with Crippen molar-refractivity contribution in [2.45, 2.75) is 59.1 Å². The molecule has 9 nitrogen and oxygen atoms in total. The first-order chi connectivity index (χ1) is 11.6. The average Bonchev–Trinajstić information content (AvgIpc) is 2.48. The molecule has 0 unspecified atom stereocenters. The van der Waals surface area contributed by atoms with Crippen molar-refractivity contribution in [1.82, 2.24) is 10.6 Å². The van der Waals surface area contributed by atoms with Gasteiger partial charge in [0, 0.05) is 13.2 Å². The second-order valence-electron chi connectivity index (χ2n) is 6.02. The maximum Gasteiger partial charge on any atom is 0.408 e. The highest BCUT2D eigenvalue weighted by atomic mass is 16.6. The van der Waals surface area contributed by atoms with Crippen LogP contribution in [-0.4, -0.2) is 61.0 Å². The average molecular weight is 363 g/mol. The summed E-state index contributed by atoms with van der Waals surface area (Å²) >= 11 is 0. The summed E-state index contributed by atoms with van der Waals surface area (Å²) in [5, 5.41) is 13.1. The largest absolute Gasteiger partial charge is 0.480 e. The van der Waals surface area contributed by atoms with Gasteiger partial charge in [0.2, 0.25) is 5.91 Å². The Morgan fingerprint density at radius 2 is 1.72 bits per heavy atom. The molecule has 9 heteroatoms. The molecule has 2 amide bonds. The summed E-state index contributed by atoms with van der Waals surface area (Å²) in [6.45, 7) is 10.6. The van der Waals surface area contributed by atoms with Crippen molar-refractivity contribution < 1.29 is 29.0 Å². The minimum Gasteiger partial charge on any atom is -0.480 e. The van der Waals surface area contributed by atoms with Crippen LogP contribution in [-0.2, 0) is 19.1 Å². The molecule has 0 aliphatic heterocycles. The van der Waals surface area contributed by atoms with Gasteiger partial charge in [-0.05, 0) is 54.0 Å². The Morgan fingerprint density at radius 1 is 1.16 bits per heavy atom. The predicted molar refractivity (Wildman–Crippen MR) is 94.3 cm³/mol. The molecular formula is C16H33N3O6. The van der Waals surface area contributed by atoms with Crippen LogP contribution in [0.25, 0.3) is 0 Å². The van der Waals surface area contributed by atoms with E-state index in [0.29, 0.717) is 19.4 Å². The Kier molecular flexibility index (Phi) is 14.7. The third-order valence-corrected chi connectivity index (χ3v) is 2.53. The molecule has 0 saturated carbocycles. The number of carbonyl (C=O) groups excluding carboxylic acids is 2. The molecule has 0 heterocycles. The van der Waals surface area contributed by atoms with E-state index in [-0.39, 0.29) is 0 Å². The fraction of sp³-hybridized carbons (Fsp3) is 0.812. The standard InChI is InChI=1S/C12H23N3O5.C4H10O/c1-12(2,3)20-11(19)15-8(5-4-6-13)10(18)14-7-9(16)17;1-3-5-4-2/h8H,4-7,13H2,1-3H3,(H,14,18)(H,15,19)(H,16,17);3-4H2,1-2H3/t8-;/m0./s1. The van der Waals surface area contributed by atoms with E-state index in [2.05, 4.69) is 10.6 Å². The molecule has 0 bridgehead atoms. The number of aliphatic carboxylic acids is 1. The minimum atomic E-state index is -1.16. The number of rotatable bonds is 9. The van der Waals surface area contributed by atoms with Gasteiger partial charge in [-0.1, -0.05) is 0 Å². The number of nitrogens with two attached hydrogens (primary N) is 1. The van der Waals surface area contributed by atoms with Gasteiger partial charge in [0.05, 0.1) is 0 Å². The van der Waals surface area contributed by atoms with Crippen LogP contribution in [0, 0.1) is 0 Å². The van der Waals surface area contributed by atoms with Gasteiger partial charge in [0.25, 0.3) is 0 Å². The van der Waals surface area contributed by atoms with Gasteiger partial charge < -0.3 is 30.9 Å². The topological polar surface area (TPSA) is 140 Å². The number of ether oxygens (including phenoxy) is 2. The maximum atomic E-state index is 11.8. The van der Waals surface area contributed by atoms with Gasteiger partial charge in [0.15, 0.2) is 0 Å². The highest BCUT2D eigenvalue weighted by Crippen LogP contribution is 2.07. The summed E-state index contributed by atoms with van der Waals surface area (Å²) in [6.07, 6.45) is 0.0901. The van der Waals surface area contributed by atoms with E-state index >= 15 is 0 Å². The molecule has 148 valence electrons. The van der Waals surface area contributed by atoms with Crippen molar-refractivity contribution >= 4 is 18.0 Å². The number of amides is 2. The maximum absolute atomic E-state index is 11.8. The number of alkyl carbamates (subject to hydrolysis) is 1. The first-order valence-corrected chi connectivity index (χ1v) is 8.34. The van der Waals surface area contributed by atoms with Crippen LogP contribution in [0.3, 0.4) is 0 Å². The molecule has 0 aromatic rings. The Labute approximate surface area is 149 Å². The van der Waals surface area contributed by atoms with Crippen molar-refractivity contribution in [3.05, 3.63) is 0 Å². The minimum absolute atomic E-state index is 0.307. The van der Waals surface area contributed by atoms with Crippen molar-refractivity contribution in [1.29, 1.82) is 0 Å². The molecular weight excluding hydrogens is 330 g/mol. The number of hydrogen-bond acceptors (Lipinski definition) is 6. The van der Waals surface area contributed by atoms with Crippen LogP contribution in [0.5, 0.6) is 0 Å². The van der Waals surface area contributed by atoms with Gasteiger partial charge in [-0.3, -0.25) is 9.59 Å². The van der Waals surface area contributed by atoms with Gasteiger partial charge >= 0.3 is 12.1 Å². The monoisotopic (exact) mass is 363 g/mol. The van der Waals surface area contributed by atoms with E-state index in [9.17, 15) is 14.4 Å². The Bertz CT molecular complexity index is 394. The van der Waals surface area contributed by atoms with E-state index in [0.717, 1.165) is 13.2 Å². The molecule has 1 atom stereocenters. The van der Waals surface area contributed by atoms with Crippen molar-refractivity contribution in [2.24, 2.45) is 5.73 Å². The van der Waals surface area contributed by atoms with E-state index in [1.54, 1.807) is 20.8 Å². The van der Waals surface area contributed by atoms with Crippen molar-refractivity contribution in [2.75, 3.05) is 26.3 Å². The van der Waals surface area contributed by atoms with E-state index in [1.165, 1.54) is 0 Å². The smallest absolute Gasteiger partial charge is 0.408 e. The molecule has 5 N–H and O–H groups in total. The lowest BCUT2D eigenvalue weighted by Gasteiger charge is -2.23. The predicted octanol–water partition coefficient (Wildman–Crippen LogP) is 0.862. The van der Waals surface area contributed by atoms with Crippen LogP contribution < -0.4 is 16.4 Å². The molecule has 0 spiro atoms. The van der Waals surface area contributed by atoms with E-state index in [1.807, 2.05) is 13.8 Å². The highest BCUT2D eigenvalue weighted by molar-refractivity contribution is 5.87. The Balaban J connectivity index is 0. The summed E-state index contributed by atoms with van der Waals surface area (Å²) in [5.74, 6) is -1.74. The number of carbonyl (C=O) groups is 3.